The van der Waals surface area contributed by atoms with Crippen LogP contribution in [-0.2, 0) is 0 Å². The fourth-order valence-corrected chi connectivity index (χ4v) is 3.27. The van der Waals surface area contributed by atoms with Gasteiger partial charge in [-0.25, -0.2) is 0 Å². The van der Waals surface area contributed by atoms with Crippen LogP contribution in [0.25, 0.3) is 0 Å². The summed E-state index contributed by atoms with van der Waals surface area (Å²) in [7, 11) is 0. The van der Waals surface area contributed by atoms with E-state index in [1.807, 2.05) is 0 Å². The van der Waals surface area contributed by atoms with E-state index in [0.29, 0.717) is 28.2 Å². The zero-order valence-electron chi connectivity index (χ0n) is 11.2. The highest BCUT2D eigenvalue weighted by atomic mass is 35.5. The highest BCUT2D eigenvalue weighted by Crippen LogP contribution is 2.25. The third-order valence-corrected chi connectivity index (χ3v) is 4.37. The third kappa shape index (κ3) is 3.71. The topological polar surface area (TPSA) is 20.3 Å². The summed E-state index contributed by atoms with van der Waals surface area (Å²) in [6.07, 6.45) is 4.96. The van der Waals surface area contributed by atoms with Crippen LogP contribution in [0.2, 0.25) is 10.0 Å². The molecule has 2 nitrogen and oxygen atoms in total. The van der Waals surface area contributed by atoms with Gasteiger partial charge in [0.2, 0.25) is 0 Å². The van der Waals surface area contributed by atoms with Crippen LogP contribution < -0.4 is 0 Å². The lowest BCUT2D eigenvalue weighted by molar-refractivity contribution is 0.0899. The molecule has 1 saturated carbocycles. The lowest BCUT2D eigenvalue weighted by Gasteiger charge is -2.26. The second-order valence-corrected chi connectivity index (χ2v) is 5.89. The smallest absolute Gasteiger partial charge is 0.178 e. The number of nitrogens with zero attached hydrogens (tertiary/aromatic N) is 1. The Morgan fingerprint density at radius 3 is 2.58 bits per heavy atom. The van der Waals surface area contributed by atoms with Gasteiger partial charge in [0, 0.05) is 16.6 Å². The van der Waals surface area contributed by atoms with Crippen molar-refractivity contribution in [3.05, 3.63) is 33.8 Å². The van der Waals surface area contributed by atoms with Crippen molar-refractivity contribution in [2.24, 2.45) is 0 Å². The van der Waals surface area contributed by atoms with Crippen LogP contribution >= 0.6 is 23.2 Å². The maximum Gasteiger partial charge on any atom is 0.178 e. The molecular formula is C15H19Cl2NO. The summed E-state index contributed by atoms with van der Waals surface area (Å²) in [4.78, 5) is 14.6. The van der Waals surface area contributed by atoms with Gasteiger partial charge in [0.1, 0.15) is 0 Å². The van der Waals surface area contributed by atoms with Gasteiger partial charge in [-0.3, -0.25) is 9.69 Å². The molecule has 1 aromatic carbocycles. The van der Waals surface area contributed by atoms with Gasteiger partial charge in [-0.1, -0.05) is 43.0 Å². The van der Waals surface area contributed by atoms with E-state index in [-0.39, 0.29) is 5.78 Å². The van der Waals surface area contributed by atoms with E-state index in [2.05, 4.69) is 11.8 Å². The van der Waals surface area contributed by atoms with Gasteiger partial charge in [-0.2, -0.15) is 0 Å². The monoisotopic (exact) mass is 299 g/mol. The highest BCUT2D eigenvalue weighted by Gasteiger charge is 2.24. The summed E-state index contributed by atoms with van der Waals surface area (Å²) >= 11 is 11.9. The number of halogens is 2. The molecule has 0 atom stereocenters. The van der Waals surface area contributed by atoms with Gasteiger partial charge in [-0.15, -0.1) is 0 Å². The highest BCUT2D eigenvalue weighted by molar-refractivity contribution is 6.36. The molecule has 1 aliphatic rings. The molecule has 2 rings (SSSR count). The van der Waals surface area contributed by atoms with Gasteiger partial charge in [0.15, 0.2) is 5.78 Å². The number of ketones is 1. The van der Waals surface area contributed by atoms with Gasteiger partial charge in [0.05, 0.1) is 11.6 Å². The number of carbonyl (C=O) groups is 1. The van der Waals surface area contributed by atoms with Crippen LogP contribution in [0.15, 0.2) is 18.2 Å². The van der Waals surface area contributed by atoms with Crippen molar-refractivity contribution < 1.29 is 4.79 Å². The summed E-state index contributed by atoms with van der Waals surface area (Å²) in [5.41, 5.74) is 0.572. The summed E-state index contributed by atoms with van der Waals surface area (Å²) in [6, 6.07) is 5.62. The fraction of sp³-hybridized carbons (Fsp3) is 0.533. The summed E-state index contributed by atoms with van der Waals surface area (Å²) in [5.74, 6) is 0.0791. The van der Waals surface area contributed by atoms with Crippen molar-refractivity contribution in [1.29, 1.82) is 0 Å². The van der Waals surface area contributed by atoms with Crippen molar-refractivity contribution in [3.63, 3.8) is 0 Å². The Balaban J connectivity index is 2.06. The maximum absolute atomic E-state index is 12.3. The Morgan fingerprint density at radius 2 is 2.00 bits per heavy atom. The summed E-state index contributed by atoms with van der Waals surface area (Å²) in [5, 5.41) is 1.00. The lowest BCUT2D eigenvalue weighted by Crippen LogP contribution is -2.37. The standard InChI is InChI=1S/C15H19Cl2NO/c1-2-18(12-5-3-4-6-12)10-15(19)13-8-7-11(16)9-14(13)17/h7-9,12H,2-6,10H2,1H3. The van der Waals surface area contributed by atoms with E-state index in [1.165, 1.54) is 25.7 Å². The number of Topliss-reactive ketones (excluding diaryl/α,β-unsaturated/α-hetero) is 1. The first-order valence-corrected chi connectivity index (χ1v) is 7.59. The molecule has 19 heavy (non-hydrogen) atoms. The molecule has 1 aromatic rings. The van der Waals surface area contributed by atoms with Gasteiger partial charge < -0.3 is 0 Å². The van der Waals surface area contributed by atoms with Crippen molar-refractivity contribution in [2.45, 2.75) is 38.6 Å². The number of hydrogen-bond acceptors (Lipinski definition) is 2. The molecule has 104 valence electrons. The summed E-state index contributed by atoms with van der Waals surface area (Å²) in [6.45, 7) is 3.46. The first kappa shape index (κ1) is 14.8. The molecule has 0 aromatic heterocycles. The predicted molar refractivity (Wildman–Crippen MR) is 80.3 cm³/mol. The Labute approximate surface area is 124 Å². The van der Waals surface area contributed by atoms with E-state index >= 15 is 0 Å². The first-order chi connectivity index (χ1) is 9.11. The molecule has 0 N–H and O–H groups in total. The van der Waals surface area contributed by atoms with Crippen LogP contribution in [0.1, 0.15) is 43.0 Å². The Bertz CT molecular complexity index is 455. The molecule has 0 bridgehead atoms. The largest absolute Gasteiger partial charge is 0.293 e. The molecule has 1 fully saturated rings. The molecule has 0 saturated heterocycles. The molecule has 0 aliphatic heterocycles. The van der Waals surface area contributed by atoms with Crippen LogP contribution in [0.4, 0.5) is 0 Å². The third-order valence-electron chi connectivity index (χ3n) is 3.83. The molecule has 0 heterocycles. The minimum Gasteiger partial charge on any atom is -0.293 e. The van der Waals surface area contributed by atoms with Gasteiger partial charge in [-0.05, 0) is 37.6 Å². The average Bonchev–Trinajstić information content (AvgIpc) is 2.89. The summed E-state index contributed by atoms with van der Waals surface area (Å²) < 4.78 is 0. The van der Waals surface area contributed by atoms with Crippen molar-refractivity contribution in [3.8, 4) is 0 Å². The van der Waals surface area contributed by atoms with E-state index < -0.39 is 0 Å². The number of likely N-dealkylation sites (N-methyl/N-ethyl adjacent to an activating group) is 1. The van der Waals surface area contributed by atoms with Crippen LogP contribution in [-0.4, -0.2) is 29.8 Å². The lowest BCUT2D eigenvalue weighted by atomic mass is 10.1. The predicted octanol–water partition coefficient (Wildman–Crippen LogP) is 4.44. The maximum atomic E-state index is 12.3. The Kier molecular flexibility index (Phi) is 5.26. The quantitative estimate of drug-likeness (QED) is 0.749. The van der Waals surface area contributed by atoms with E-state index in [1.54, 1.807) is 18.2 Å². The Hall–Kier alpha value is -0.570. The van der Waals surface area contributed by atoms with Gasteiger partial charge >= 0.3 is 0 Å². The average molecular weight is 300 g/mol. The zero-order chi connectivity index (χ0) is 13.8. The van der Waals surface area contributed by atoms with E-state index in [9.17, 15) is 4.79 Å². The number of benzene rings is 1. The number of rotatable bonds is 5. The van der Waals surface area contributed by atoms with Crippen molar-refractivity contribution in [2.75, 3.05) is 13.1 Å². The van der Waals surface area contributed by atoms with Gasteiger partial charge in [0.25, 0.3) is 0 Å². The number of carbonyl (C=O) groups excluding carboxylic acids is 1. The molecule has 0 radical (unpaired) electrons. The minimum absolute atomic E-state index is 0.0791. The fourth-order valence-electron chi connectivity index (χ4n) is 2.75. The molecule has 0 amide bonds. The Morgan fingerprint density at radius 1 is 1.32 bits per heavy atom. The first-order valence-electron chi connectivity index (χ1n) is 6.84. The molecule has 4 heteroatoms. The van der Waals surface area contributed by atoms with Crippen molar-refractivity contribution in [1.82, 2.24) is 4.90 Å². The van der Waals surface area contributed by atoms with E-state index in [0.717, 1.165) is 6.54 Å². The van der Waals surface area contributed by atoms with Crippen LogP contribution in [0, 0.1) is 0 Å². The van der Waals surface area contributed by atoms with Crippen LogP contribution in [0.5, 0.6) is 0 Å². The second kappa shape index (κ2) is 6.74. The molecule has 0 spiro atoms. The molecule has 1 aliphatic carbocycles. The minimum atomic E-state index is 0.0791. The SMILES string of the molecule is CCN(CC(=O)c1ccc(Cl)cc1Cl)C1CCCC1. The van der Waals surface area contributed by atoms with Crippen molar-refractivity contribution >= 4 is 29.0 Å². The normalized spacial score (nSPS) is 16.2. The molecule has 0 unspecified atom stereocenters. The van der Waals surface area contributed by atoms with E-state index in [4.69, 9.17) is 23.2 Å². The second-order valence-electron chi connectivity index (χ2n) is 5.05. The number of hydrogen-bond donors (Lipinski definition) is 0. The zero-order valence-corrected chi connectivity index (χ0v) is 12.7. The van der Waals surface area contributed by atoms with Crippen LogP contribution in [0.3, 0.4) is 0 Å². The molecular weight excluding hydrogens is 281 g/mol.